The number of carbonyl (C=O) groups is 2. The lowest BCUT2D eigenvalue weighted by molar-refractivity contribution is -0.130. The minimum Gasteiger partial charge on any atom is -0.496 e. The summed E-state index contributed by atoms with van der Waals surface area (Å²) in [6.45, 7) is 1.43. The number of likely N-dealkylation sites (tertiary alicyclic amines) is 1. The van der Waals surface area contributed by atoms with Gasteiger partial charge in [0.2, 0.25) is 11.8 Å². The molecule has 124 valence electrons. The van der Waals surface area contributed by atoms with Crippen LogP contribution in [0.3, 0.4) is 0 Å². The summed E-state index contributed by atoms with van der Waals surface area (Å²) in [5, 5.41) is 3.06. The molecular weight excluding hydrogens is 292 g/mol. The lowest BCUT2D eigenvalue weighted by atomic mass is 9.99. The number of hydrogen-bond donors (Lipinski definition) is 1. The topological polar surface area (TPSA) is 58.6 Å². The van der Waals surface area contributed by atoms with E-state index >= 15 is 0 Å². The smallest absolute Gasteiger partial charge is 0.222 e. The number of nitrogens with zero attached hydrogens (tertiary/aromatic N) is 1. The molecule has 23 heavy (non-hydrogen) atoms. The van der Waals surface area contributed by atoms with Gasteiger partial charge in [-0.25, -0.2) is 0 Å². The van der Waals surface area contributed by atoms with Crippen LogP contribution in [0.1, 0.15) is 31.2 Å². The van der Waals surface area contributed by atoms with Crippen molar-refractivity contribution in [2.75, 3.05) is 20.2 Å². The first-order valence-corrected chi connectivity index (χ1v) is 8.36. The molecule has 1 aromatic rings. The third-order valence-electron chi connectivity index (χ3n) is 4.92. The zero-order valence-electron chi connectivity index (χ0n) is 13.6. The van der Waals surface area contributed by atoms with Crippen LogP contribution in [0.15, 0.2) is 24.3 Å². The Morgan fingerprint density at radius 1 is 1.35 bits per heavy atom. The molecule has 5 heteroatoms. The molecule has 2 heterocycles. The minimum absolute atomic E-state index is 0.126. The van der Waals surface area contributed by atoms with Gasteiger partial charge in [0.25, 0.3) is 0 Å². The fraction of sp³-hybridized carbons (Fsp3) is 0.556. The Morgan fingerprint density at radius 2 is 2.17 bits per heavy atom. The van der Waals surface area contributed by atoms with E-state index in [1.807, 2.05) is 29.2 Å². The highest BCUT2D eigenvalue weighted by atomic mass is 16.5. The van der Waals surface area contributed by atoms with Gasteiger partial charge in [0.15, 0.2) is 0 Å². The van der Waals surface area contributed by atoms with E-state index in [4.69, 9.17) is 4.74 Å². The Bertz CT molecular complexity index is 587. The second-order valence-electron chi connectivity index (χ2n) is 6.44. The summed E-state index contributed by atoms with van der Waals surface area (Å²) in [5.74, 6) is 1.54. The molecule has 0 radical (unpaired) electrons. The van der Waals surface area contributed by atoms with Crippen LogP contribution in [0, 0.1) is 5.92 Å². The van der Waals surface area contributed by atoms with Gasteiger partial charge < -0.3 is 15.0 Å². The summed E-state index contributed by atoms with van der Waals surface area (Å²) in [5.41, 5.74) is 1.06. The van der Waals surface area contributed by atoms with Gasteiger partial charge in [-0.05, 0) is 36.8 Å². The van der Waals surface area contributed by atoms with Crippen LogP contribution in [0.25, 0.3) is 0 Å². The van der Waals surface area contributed by atoms with E-state index in [9.17, 15) is 9.59 Å². The Labute approximate surface area is 137 Å². The average molecular weight is 316 g/mol. The van der Waals surface area contributed by atoms with Gasteiger partial charge in [0.1, 0.15) is 5.75 Å². The molecular formula is C18H24N2O3. The second kappa shape index (κ2) is 7.02. The van der Waals surface area contributed by atoms with E-state index < -0.39 is 0 Å². The number of nitrogens with one attached hydrogen (secondary N) is 1. The van der Waals surface area contributed by atoms with Gasteiger partial charge in [0.05, 0.1) is 13.2 Å². The fourth-order valence-corrected chi connectivity index (χ4v) is 3.64. The maximum Gasteiger partial charge on any atom is 0.222 e. The van der Waals surface area contributed by atoms with Gasteiger partial charge in [-0.15, -0.1) is 0 Å². The molecule has 2 fully saturated rings. The van der Waals surface area contributed by atoms with Crippen LogP contribution in [0.4, 0.5) is 0 Å². The molecule has 0 unspecified atom stereocenters. The van der Waals surface area contributed by atoms with Crippen LogP contribution in [0.2, 0.25) is 0 Å². The molecule has 3 rings (SSSR count). The molecule has 0 bridgehead atoms. The average Bonchev–Trinajstić information content (AvgIpc) is 2.87. The van der Waals surface area contributed by atoms with E-state index in [1.165, 1.54) is 0 Å². The molecule has 0 spiro atoms. The summed E-state index contributed by atoms with van der Waals surface area (Å²) >= 11 is 0. The molecule has 2 amide bonds. The van der Waals surface area contributed by atoms with Crippen molar-refractivity contribution in [3.63, 3.8) is 0 Å². The first-order valence-electron chi connectivity index (χ1n) is 8.36. The van der Waals surface area contributed by atoms with Crippen LogP contribution in [-0.2, 0) is 16.0 Å². The maximum atomic E-state index is 12.5. The second-order valence-corrected chi connectivity index (χ2v) is 6.44. The number of benzene rings is 1. The number of carbonyl (C=O) groups excluding carboxylic acids is 2. The molecule has 2 aliphatic rings. The quantitative estimate of drug-likeness (QED) is 0.921. The van der Waals surface area contributed by atoms with E-state index in [0.29, 0.717) is 31.7 Å². The number of para-hydroxylation sites is 1. The predicted octanol–water partition coefficient (Wildman–Crippen LogP) is 1.75. The number of hydrogen-bond acceptors (Lipinski definition) is 3. The Morgan fingerprint density at radius 3 is 3.00 bits per heavy atom. The van der Waals surface area contributed by atoms with Crippen LogP contribution < -0.4 is 10.1 Å². The van der Waals surface area contributed by atoms with Crippen molar-refractivity contribution >= 4 is 11.8 Å². The Hall–Kier alpha value is -2.04. The first-order chi connectivity index (χ1) is 11.2. The minimum atomic E-state index is 0.126. The van der Waals surface area contributed by atoms with E-state index in [2.05, 4.69) is 5.32 Å². The highest BCUT2D eigenvalue weighted by Crippen LogP contribution is 2.26. The number of amides is 2. The van der Waals surface area contributed by atoms with Crippen LogP contribution in [0.5, 0.6) is 5.75 Å². The number of methoxy groups -OCH3 is 1. The van der Waals surface area contributed by atoms with Gasteiger partial charge in [0, 0.05) is 25.9 Å². The van der Waals surface area contributed by atoms with Crippen molar-refractivity contribution in [3.05, 3.63) is 29.8 Å². The van der Waals surface area contributed by atoms with E-state index in [0.717, 1.165) is 30.7 Å². The number of aryl methyl sites for hydroxylation is 1. The lowest BCUT2D eigenvalue weighted by Gasteiger charge is -2.17. The Kier molecular flexibility index (Phi) is 4.84. The van der Waals surface area contributed by atoms with Gasteiger partial charge >= 0.3 is 0 Å². The molecule has 1 N–H and O–H groups in total. The van der Waals surface area contributed by atoms with Crippen molar-refractivity contribution in [1.29, 1.82) is 0 Å². The largest absolute Gasteiger partial charge is 0.496 e. The van der Waals surface area contributed by atoms with Gasteiger partial charge in [-0.1, -0.05) is 18.2 Å². The van der Waals surface area contributed by atoms with Crippen molar-refractivity contribution < 1.29 is 14.3 Å². The summed E-state index contributed by atoms with van der Waals surface area (Å²) in [4.78, 5) is 26.1. The third-order valence-corrected chi connectivity index (χ3v) is 4.92. The van der Waals surface area contributed by atoms with Crippen molar-refractivity contribution in [2.24, 2.45) is 5.92 Å². The zero-order valence-corrected chi connectivity index (χ0v) is 13.6. The SMILES string of the molecule is COc1ccccc1CCC(=O)N1C[C@H]2CCCC(=O)N[C@H]2C1. The molecule has 0 aliphatic carbocycles. The molecule has 5 nitrogen and oxygen atoms in total. The fourth-order valence-electron chi connectivity index (χ4n) is 3.64. The summed E-state index contributed by atoms with van der Waals surface area (Å²) < 4.78 is 5.33. The monoisotopic (exact) mass is 316 g/mol. The summed E-state index contributed by atoms with van der Waals surface area (Å²) in [6, 6.07) is 7.95. The maximum absolute atomic E-state index is 12.5. The highest BCUT2D eigenvalue weighted by molar-refractivity contribution is 5.78. The number of rotatable bonds is 4. The van der Waals surface area contributed by atoms with Crippen LogP contribution >= 0.6 is 0 Å². The molecule has 0 saturated carbocycles. The zero-order chi connectivity index (χ0) is 16.2. The summed E-state index contributed by atoms with van der Waals surface area (Å²) in [6.07, 6.45) is 3.74. The standard InChI is InChI=1S/C18H24N2O3/c1-23-16-7-3-2-5-13(16)9-10-18(22)20-11-14-6-4-8-17(21)19-15(14)12-20/h2-3,5,7,14-15H,4,6,8-12H2,1H3,(H,19,21)/t14-,15+/m1/s1. The van der Waals surface area contributed by atoms with Gasteiger partial charge in [-0.3, -0.25) is 9.59 Å². The van der Waals surface area contributed by atoms with Crippen molar-refractivity contribution in [3.8, 4) is 5.75 Å². The normalized spacial score (nSPS) is 23.9. The lowest BCUT2D eigenvalue weighted by Crippen LogP contribution is -2.39. The van der Waals surface area contributed by atoms with Gasteiger partial charge in [-0.2, -0.15) is 0 Å². The highest BCUT2D eigenvalue weighted by Gasteiger charge is 2.36. The predicted molar refractivity (Wildman–Crippen MR) is 87.2 cm³/mol. The first kappa shape index (κ1) is 15.8. The molecule has 0 aromatic heterocycles. The number of ether oxygens (including phenoxy) is 1. The Balaban J connectivity index is 1.56. The number of fused-ring (bicyclic) bond motifs is 1. The van der Waals surface area contributed by atoms with Crippen molar-refractivity contribution in [1.82, 2.24) is 10.2 Å². The van der Waals surface area contributed by atoms with E-state index in [1.54, 1.807) is 7.11 Å². The van der Waals surface area contributed by atoms with Crippen LogP contribution in [-0.4, -0.2) is 43.0 Å². The molecule has 1 aromatic carbocycles. The summed E-state index contributed by atoms with van der Waals surface area (Å²) in [7, 11) is 1.65. The van der Waals surface area contributed by atoms with Crippen molar-refractivity contribution in [2.45, 2.75) is 38.1 Å². The molecule has 2 saturated heterocycles. The molecule has 2 aliphatic heterocycles. The molecule has 2 atom stereocenters. The third kappa shape index (κ3) is 3.66. The van der Waals surface area contributed by atoms with E-state index in [-0.39, 0.29) is 17.9 Å².